The van der Waals surface area contributed by atoms with Crippen molar-refractivity contribution in [2.75, 3.05) is 27.2 Å². The smallest absolute Gasteiger partial charge is 0.242 e. The number of hydrogen-bond donors (Lipinski definition) is 2. The molecular formula is C15H22N2O3S. The minimum atomic E-state index is -3.61. The van der Waals surface area contributed by atoms with Crippen molar-refractivity contribution in [1.29, 1.82) is 0 Å². The second kappa shape index (κ2) is 8.15. The molecule has 21 heavy (non-hydrogen) atoms. The van der Waals surface area contributed by atoms with Crippen LogP contribution >= 0.6 is 0 Å². The van der Waals surface area contributed by atoms with Crippen LogP contribution in [0.4, 0.5) is 0 Å². The molecule has 1 aromatic carbocycles. The fourth-order valence-corrected chi connectivity index (χ4v) is 3.33. The quantitative estimate of drug-likeness (QED) is 0.757. The molecule has 0 bridgehead atoms. The lowest BCUT2D eigenvalue weighted by Crippen LogP contribution is -2.39. The highest BCUT2D eigenvalue weighted by molar-refractivity contribution is 7.89. The van der Waals surface area contributed by atoms with Gasteiger partial charge >= 0.3 is 0 Å². The Morgan fingerprint density at radius 1 is 1.33 bits per heavy atom. The summed E-state index contributed by atoms with van der Waals surface area (Å²) < 4.78 is 27.5. The van der Waals surface area contributed by atoms with Crippen LogP contribution in [-0.4, -0.2) is 51.7 Å². The normalized spacial score (nSPS) is 12.8. The van der Waals surface area contributed by atoms with Gasteiger partial charge in [0.05, 0.1) is 11.5 Å². The van der Waals surface area contributed by atoms with Crippen molar-refractivity contribution in [3.05, 3.63) is 29.8 Å². The Hall–Kier alpha value is -1.39. The number of aliphatic hydroxyl groups is 1. The van der Waals surface area contributed by atoms with Gasteiger partial charge in [0, 0.05) is 24.6 Å². The molecule has 0 amide bonds. The van der Waals surface area contributed by atoms with E-state index in [9.17, 15) is 8.42 Å². The van der Waals surface area contributed by atoms with Crippen LogP contribution in [0.3, 0.4) is 0 Å². The summed E-state index contributed by atoms with van der Waals surface area (Å²) in [6.07, 6.45) is 0.318. The molecule has 1 unspecified atom stereocenters. The van der Waals surface area contributed by atoms with Gasteiger partial charge in [-0.3, -0.25) is 0 Å². The van der Waals surface area contributed by atoms with Gasteiger partial charge in [0.2, 0.25) is 10.0 Å². The zero-order valence-electron chi connectivity index (χ0n) is 12.6. The summed E-state index contributed by atoms with van der Waals surface area (Å²) in [6, 6.07) is 6.40. The molecule has 1 rings (SSSR count). The summed E-state index contributed by atoms with van der Waals surface area (Å²) in [7, 11) is 0.161. The summed E-state index contributed by atoms with van der Waals surface area (Å²) in [5.74, 6) is 5.54. The first kappa shape index (κ1) is 17.7. The van der Waals surface area contributed by atoms with Crippen molar-refractivity contribution < 1.29 is 13.5 Å². The predicted octanol–water partition coefficient (Wildman–Crippen LogP) is 0.649. The molecule has 0 aromatic heterocycles. The lowest BCUT2D eigenvalue weighted by Gasteiger charge is -2.18. The summed E-state index contributed by atoms with van der Waals surface area (Å²) >= 11 is 0. The molecule has 1 atom stereocenters. The minimum Gasteiger partial charge on any atom is -0.395 e. The zero-order chi connectivity index (χ0) is 15.9. The van der Waals surface area contributed by atoms with Gasteiger partial charge in [-0.2, -0.15) is 0 Å². The number of nitrogens with one attached hydrogen (secondary N) is 1. The van der Waals surface area contributed by atoms with Gasteiger partial charge in [0.1, 0.15) is 0 Å². The molecule has 1 aromatic rings. The van der Waals surface area contributed by atoms with Gasteiger partial charge in [0.25, 0.3) is 0 Å². The van der Waals surface area contributed by atoms with Crippen LogP contribution in [0.25, 0.3) is 0 Å². The molecule has 6 heteroatoms. The van der Waals surface area contributed by atoms with Gasteiger partial charge in [-0.05, 0) is 33.2 Å². The molecule has 0 aliphatic heterocycles. The monoisotopic (exact) mass is 310 g/mol. The van der Waals surface area contributed by atoms with Crippen LogP contribution in [0.15, 0.2) is 29.2 Å². The molecule has 0 aliphatic rings. The number of hydrogen-bond acceptors (Lipinski definition) is 4. The summed E-state index contributed by atoms with van der Waals surface area (Å²) in [5, 5.41) is 8.74. The number of nitrogens with zero attached hydrogens (tertiary/aromatic N) is 1. The Balaban J connectivity index is 3.01. The molecule has 0 saturated carbocycles. The summed E-state index contributed by atoms with van der Waals surface area (Å²) in [4.78, 5) is 2.08. The third kappa shape index (κ3) is 5.86. The largest absolute Gasteiger partial charge is 0.395 e. The molecule has 5 nitrogen and oxygen atoms in total. The fourth-order valence-electron chi connectivity index (χ4n) is 1.93. The lowest BCUT2D eigenvalue weighted by atomic mass is 10.2. The van der Waals surface area contributed by atoms with E-state index in [-0.39, 0.29) is 17.5 Å². The van der Waals surface area contributed by atoms with E-state index >= 15 is 0 Å². The topological polar surface area (TPSA) is 69.6 Å². The van der Waals surface area contributed by atoms with E-state index in [2.05, 4.69) is 16.6 Å². The number of aliphatic hydroxyl groups excluding tert-OH is 1. The van der Waals surface area contributed by atoms with Crippen molar-refractivity contribution in [2.24, 2.45) is 0 Å². The Morgan fingerprint density at radius 3 is 2.62 bits per heavy atom. The molecular weight excluding hydrogens is 288 g/mol. The average Bonchev–Trinajstić information content (AvgIpc) is 2.37. The Bertz CT molecular complexity index is 615. The predicted molar refractivity (Wildman–Crippen MR) is 83.4 cm³/mol. The third-order valence-corrected chi connectivity index (χ3v) is 4.28. The van der Waals surface area contributed by atoms with Crippen molar-refractivity contribution in [3.63, 3.8) is 0 Å². The van der Waals surface area contributed by atoms with Crippen molar-refractivity contribution >= 4 is 10.0 Å². The van der Waals surface area contributed by atoms with Crippen molar-refractivity contribution in [1.82, 2.24) is 9.62 Å². The first-order valence-corrected chi connectivity index (χ1v) is 8.21. The molecule has 0 saturated heterocycles. The van der Waals surface area contributed by atoms with Crippen molar-refractivity contribution in [3.8, 4) is 11.8 Å². The van der Waals surface area contributed by atoms with Gasteiger partial charge in [-0.1, -0.05) is 24.0 Å². The lowest BCUT2D eigenvalue weighted by molar-refractivity contribution is 0.305. The standard InChI is InChI=1S/C15H22N2O3S/c1-13(12-17(2)3)16-21(19,20)15-10-5-4-8-14(15)9-6-7-11-18/h4-5,8,10,13,16,18H,7,11-12H2,1-3H3. The maximum Gasteiger partial charge on any atom is 0.242 e. The van der Waals surface area contributed by atoms with Crippen LogP contribution in [-0.2, 0) is 10.0 Å². The van der Waals surface area contributed by atoms with Crippen LogP contribution in [0.2, 0.25) is 0 Å². The van der Waals surface area contributed by atoms with Crippen LogP contribution in [0.1, 0.15) is 18.9 Å². The number of rotatable bonds is 6. The SMILES string of the molecule is CC(CN(C)C)NS(=O)(=O)c1ccccc1C#CCCO. The van der Waals surface area contributed by atoms with Gasteiger partial charge < -0.3 is 10.0 Å². The van der Waals surface area contributed by atoms with E-state index in [1.807, 2.05) is 25.9 Å². The van der Waals surface area contributed by atoms with Crippen LogP contribution in [0.5, 0.6) is 0 Å². The fraction of sp³-hybridized carbons (Fsp3) is 0.467. The van der Waals surface area contributed by atoms with Crippen molar-refractivity contribution in [2.45, 2.75) is 24.3 Å². The van der Waals surface area contributed by atoms with Gasteiger partial charge in [-0.25, -0.2) is 13.1 Å². The summed E-state index contributed by atoms with van der Waals surface area (Å²) in [6.45, 7) is 2.38. The molecule has 0 spiro atoms. The molecule has 0 radical (unpaired) electrons. The number of sulfonamides is 1. The van der Waals surface area contributed by atoms with E-state index in [4.69, 9.17) is 5.11 Å². The molecule has 0 heterocycles. The van der Waals surface area contributed by atoms with E-state index < -0.39 is 10.0 Å². The highest BCUT2D eigenvalue weighted by atomic mass is 32.2. The maximum atomic E-state index is 12.4. The average molecular weight is 310 g/mol. The van der Waals surface area contributed by atoms with Crippen LogP contribution in [0, 0.1) is 11.8 Å². The molecule has 116 valence electrons. The molecule has 0 fully saturated rings. The third-order valence-electron chi connectivity index (χ3n) is 2.63. The van der Waals surface area contributed by atoms with E-state index in [1.54, 1.807) is 18.2 Å². The second-order valence-corrected chi connectivity index (χ2v) is 6.74. The Kier molecular flexibility index (Phi) is 6.85. The Labute approximate surface area is 127 Å². The first-order chi connectivity index (χ1) is 9.86. The first-order valence-electron chi connectivity index (χ1n) is 6.72. The van der Waals surface area contributed by atoms with E-state index in [0.717, 1.165) is 0 Å². The Morgan fingerprint density at radius 2 is 2.00 bits per heavy atom. The van der Waals surface area contributed by atoms with Gasteiger partial charge in [0.15, 0.2) is 0 Å². The van der Waals surface area contributed by atoms with E-state index in [1.165, 1.54) is 6.07 Å². The maximum absolute atomic E-state index is 12.4. The van der Waals surface area contributed by atoms with Gasteiger partial charge in [-0.15, -0.1) is 0 Å². The second-order valence-electron chi connectivity index (χ2n) is 5.06. The highest BCUT2D eigenvalue weighted by Crippen LogP contribution is 2.14. The zero-order valence-corrected chi connectivity index (χ0v) is 13.4. The molecule has 2 N–H and O–H groups in total. The van der Waals surface area contributed by atoms with Crippen LogP contribution < -0.4 is 4.72 Å². The summed E-state index contributed by atoms with van der Waals surface area (Å²) in [5.41, 5.74) is 0.440. The highest BCUT2D eigenvalue weighted by Gasteiger charge is 2.20. The number of likely N-dealkylation sites (N-methyl/N-ethyl adjacent to an activating group) is 1. The molecule has 0 aliphatic carbocycles. The van der Waals surface area contributed by atoms with E-state index in [0.29, 0.717) is 18.5 Å². The number of benzene rings is 1. The minimum absolute atomic E-state index is 0.0416.